The lowest BCUT2D eigenvalue weighted by Gasteiger charge is -2.11. The van der Waals surface area contributed by atoms with Crippen LogP contribution in [-0.2, 0) is 0 Å². The van der Waals surface area contributed by atoms with Gasteiger partial charge in [-0.25, -0.2) is 4.39 Å². The van der Waals surface area contributed by atoms with E-state index in [2.05, 4.69) is 5.32 Å². The molecule has 20 heavy (non-hydrogen) atoms. The summed E-state index contributed by atoms with van der Waals surface area (Å²) in [5.41, 5.74) is 8.44. The molecule has 2 aromatic carbocycles. The van der Waals surface area contributed by atoms with Crippen LogP contribution in [0.25, 0.3) is 0 Å². The predicted octanol–water partition coefficient (Wildman–Crippen LogP) is 3.93. The van der Waals surface area contributed by atoms with E-state index in [1.54, 1.807) is 19.1 Å². The number of carbonyl (C=O) groups excluding carboxylic acids is 1. The summed E-state index contributed by atoms with van der Waals surface area (Å²) in [6.45, 7) is 3.66. The predicted molar refractivity (Wildman–Crippen MR) is 79.7 cm³/mol. The average molecular weight is 293 g/mol. The Morgan fingerprint density at radius 1 is 1.25 bits per heavy atom. The number of hydrogen-bond acceptors (Lipinski definition) is 2. The maximum atomic E-state index is 13.8. The molecule has 0 bridgehead atoms. The number of nitrogens with two attached hydrogens (primary N) is 1. The molecular weight excluding hydrogens is 279 g/mol. The van der Waals surface area contributed by atoms with Crippen LogP contribution < -0.4 is 11.1 Å². The molecule has 2 rings (SSSR count). The summed E-state index contributed by atoms with van der Waals surface area (Å²) in [4.78, 5) is 12.2. The first kappa shape index (κ1) is 14.3. The van der Waals surface area contributed by atoms with Gasteiger partial charge in [-0.05, 0) is 43.2 Å². The zero-order valence-electron chi connectivity index (χ0n) is 11.1. The molecule has 0 aliphatic rings. The number of nitrogens with one attached hydrogen (secondary N) is 1. The van der Waals surface area contributed by atoms with E-state index in [-0.39, 0.29) is 10.7 Å². The van der Waals surface area contributed by atoms with E-state index in [0.29, 0.717) is 11.3 Å². The maximum Gasteiger partial charge on any atom is 0.256 e. The van der Waals surface area contributed by atoms with Crippen LogP contribution in [0.5, 0.6) is 0 Å². The lowest BCUT2D eigenvalue weighted by Crippen LogP contribution is -2.15. The van der Waals surface area contributed by atoms with Crippen LogP contribution in [0, 0.1) is 19.7 Å². The van der Waals surface area contributed by atoms with Crippen LogP contribution in [0.2, 0.25) is 5.02 Å². The van der Waals surface area contributed by atoms with Crippen molar-refractivity contribution in [2.24, 2.45) is 0 Å². The van der Waals surface area contributed by atoms with Crippen LogP contribution in [0.4, 0.5) is 15.8 Å². The molecule has 0 fully saturated rings. The highest BCUT2D eigenvalue weighted by Crippen LogP contribution is 2.24. The lowest BCUT2D eigenvalue weighted by atomic mass is 10.0. The van der Waals surface area contributed by atoms with Crippen molar-refractivity contribution >= 4 is 28.9 Å². The molecule has 0 aliphatic heterocycles. The van der Waals surface area contributed by atoms with E-state index in [1.165, 1.54) is 12.1 Å². The standard InChI is InChI=1S/C15H14ClFN2O/c1-8-6-9(2)12(18)7-10(8)15(20)19-13-5-3-4-11(16)14(13)17/h3-7H,18H2,1-2H3,(H,19,20). The first-order valence-corrected chi connectivity index (χ1v) is 6.40. The second kappa shape index (κ2) is 5.51. The number of carbonyl (C=O) groups is 1. The van der Waals surface area contributed by atoms with E-state index < -0.39 is 11.7 Å². The molecule has 3 nitrogen and oxygen atoms in total. The molecule has 2 aromatic rings. The van der Waals surface area contributed by atoms with Crippen molar-refractivity contribution < 1.29 is 9.18 Å². The van der Waals surface area contributed by atoms with Gasteiger partial charge in [-0.1, -0.05) is 23.7 Å². The summed E-state index contributed by atoms with van der Waals surface area (Å²) in [6.07, 6.45) is 0. The molecule has 0 atom stereocenters. The number of aryl methyl sites for hydroxylation is 2. The minimum absolute atomic E-state index is 0.0389. The zero-order valence-corrected chi connectivity index (χ0v) is 11.9. The van der Waals surface area contributed by atoms with Crippen LogP contribution in [0.15, 0.2) is 30.3 Å². The molecule has 0 aromatic heterocycles. The Bertz CT molecular complexity index is 686. The van der Waals surface area contributed by atoms with Crippen molar-refractivity contribution in [3.63, 3.8) is 0 Å². The molecule has 3 N–H and O–H groups in total. The van der Waals surface area contributed by atoms with E-state index >= 15 is 0 Å². The highest BCUT2D eigenvalue weighted by molar-refractivity contribution is 6.31. The Labute approximate surface area is 121 Å². The quantitative estimate of drug-likeness (QED) is 0.824. The van der Waals surface area contributed by atoms with Gasteiger partial charge in [-0.2, -0.15) is 0 Å². The summed E-state index contributed by atoms with van der Waals surface area (Å²) < 4.78 is 13.8. The Morgan fingerprint density at radius 2 is 1.95 bits per heavy atom. The Hall–Kier alpha value is -2.07. The number of halogens is 2. The Balaban J connectivity index is 2.33. The normalized spacial score (nSPS) is 10.4. The molecular formula is C15H14ClFN2O. The Morgan fingerprint density at radius 3 is 2.65 bits per heavy atom. The van der Waals surface area contributed by atoms with E-state index in [1.807, 2.05) is 13.0 Å². The van der Waals surface area contributed by atoms with Gasteiger partial charge < -0.3 is 11.1 Å². The smallest absolute Gasteiger partial charge is 0.256 e. The van der Waals surface area contributed by atoms with Gasteiger partial charge in [0.15, 0.2) is 5.82 Å². The molecule has 5 heteroatoms. The van der Waals surface area contributed by atoms with Gasteiger partial charge in [-0.3, -0.25) is 4.79 Å². The van der Waals surface area contributed by atoms with Crippen LogP contribution >= 0.6 is 11.6 Å². The summed E-state index contributed by atoms with van der Waals surface area (Å²) in [5.74, 6) is -1.07. The van der Waals surface area contributed by atoms with Crippen molar-refractivity contribution in [3.05, 3.63) is 57.9 Å². The summed E-state index contributed by atoms with van der Waals surface area (Å²) in [6, 6.07) is 7.84. The van der Waals surface area contributed by atoms with Crippen molar-refractivity contribution in [2.45, 2.75) is 13.8 Å². The molecule has 104 valence electrons. The van der Waals surface area contributed by atoms with Crippen LogP contribution in [0.1, 0.15) is 21.5 Å². The number of amides is 1. The third-order valence-electron chi connectivity index (χ3n) is 3.06. The van der Waals surface area contributed by atoms with Gasteiger partial charge >= 0.3 is 0 Å². The molecule has 0 unspecified atom stereocenters. The summed E-state index contributed by atoms with van der Waals surface area (Å²) in [7, 11) is 0. The fourth-order valence-electron chi connectivity index (χ4n) is 1.90. The van der Waals surface area contributed by atoms with Crippen molar-refractivity contribution in [3.8, 4) is 0 Å². The zero-order chi connectivity index (χ0) is 14.9. The number of rotatable bonds is 2. The van der Waals surface area contributed by atoms with E-state index in [4.69, 9.17) is 17.3 Å². The van der Waals surface area contributed by atoms with Crippen molar-refractivity contribution in [1.29, 1.82) is 0 Å². The van der Waals surface area contributed by atoms with Crippen molar-refractivity contribution in [1.82, 2.24) is 0 Å². The lowest BCUT2D eigenvalue weighted by molar-refractivity contribution is 0.102. The first-order chi connectivity index (χ1) is 9.40. The van der Waals surface area contributed by atoms with Gasteiger partial charge in [0.25, 0.3) is 5.91 Å². The molecule has 0 saturated heterocycles. The first-order valence-electron chi connectivity index (χ1n) is 6.02. The number of benzene rings is 2. The van der Waals surface area contributed by atoms with Gasteiger partial charge in [0.05, 0.1) is 10.7 Å². The second-order valence-corrected chi connectivity index (χ2v) is 4.99. The number of nitrogen functional groups attached to an aromatic ring is 1. The number of anilines is 2. The largest absolute Gasteiger partial charge is 0.398 e. The summed E-state index contributed by atoms with van der Waals surface area (Å²) >= 11 is 5.67. The third-order valence-corrected chi connectivity index (χ3v) is 3.35. The molecule has 0 radical (unpaired) electrons. The van der Waals surface area contributed by atoms with Gasteiger partial charge in [0, 0.05) is 11.3 Å². The molecule has 1 amide bonds. The number of hydrogen-bond donors (Lipinski definition) is 2. The third kappa shape index (κ3) is 2.75. The SMILES string of the molecule is Cc1cc(C)c(C(=O)Nc2cccc(Cl)c2F)cc1N. The highest BCUT2D eigenvalue weighted by Gasteiger charge is 2.14. The van der Waals surface area contributed by atoms with E-state index in [0.717, 1.165) is 11.1 Å². The second-order valence-electron chi connectivity index (χ2n) is 4.58. The van der Waals surface area contributed by atoms with E-state index in [9.17, 15) is 9.18 Å². The fraction of sp³-hybridized carbons (Fsp3) is 0.133. The molecule has 0 saturated carbocycles. The topological polar surface area (TPSA) is 55.1 Å². The Kier molecular flexibility index (Phi) is 3.95. The summed E-state index contributed by atoms with van der Waals surface area (Å²) in [5, 5.41) is 2.46. The van der Waals surface area contributed by atoms with Gasteiger partial charge in [0.2, 0.25) is 0 Å². The molecule has 0 spiro atoms. The van der Waals surface area contributed by atoms with Gasteiger partial charge in [-0.15, -0.1) is 0 Å². The van der Waals surface area contributed by atoms with Crippen LogP contribution in [-0.4, -0.2) is 5.91 Å². The van der Waals surface area contributed by atoms with Crippen LogP contribution in [0.3, 0.4) is 0 Å². The average Bonchev–Trinajstić information content (AvgIpc) is 2.39. The maximum absolute atomic E-state index is 13.8. The highest BCUT2D eigenvalue weighted by atomic mass is 35.5. The molecule has 0 heterocycles. The monoisotopic (exact) mass is 292 g/mol. The fourth-order valence-corrected chi connectivity index (χ4v) is 2.08. The minimum Gasteiger partial charge on any atom is -0.398 e. The van der Waals surface area contributed by atoms with Crippen molar-refractivity contribution in [2.75, 3.05) is 11.1 Å². The minimum atomic E-state index is -0.653. The van der Waals surface area contributed by atoms with Gasteiger partial charge in [0.1, 0.15) is 0 Å². The molecule has 0 aliphatic carbocycles.